The topological polar surface area (TPSA) is 69.2 Å². The molecular weight excluding hydrogens is 132 g/mol. The quantitative estimate of drug-likeness (QED) is 0.339. The van der Waals surface area contributed by atoms with Crippen molar-refractivity contribution in [2.75, 3.05) is 6.54 Å². The van der Waals surface area contributed by atoms with E-state index in [1.54, 1.807) is 0 Å². The minimum absolute atomic E-state index is 0.0181. The van der Waals surface area contributed by atoms with Crippen molar-refractivity contribution in [1.82, 2.24) is 0 Å². The second kappa shape index (κ2) is 2.79. The van der Waals surface area contributed by atoms with Gasteiger partial charge in [-0.25, -0.2) is 0 Å². The molecule has 10 heavy (non-hydrogen) atoms. The minimum atomic E-state index is -0.299. The molecule has 1 aliphatic carbocycles. The van der Waals surface area contributed by atoms with Gasteiger partial charge >= 0.3 is 0 Å². The van der Waals surface area contributed by atoms with E-state index in [1.165, 1.54) is 0 Å². The molecular formula is C6H10N2O2. The van der Waals surface area contributed by atoms with Gasteiger partial charge in [-0.15, -0.1) is 0 Å². The van der Waals surface area contributed by atoms with Gasteiger partial charge in [0.2, 0.25) is 6.54 Å². The zero-order valence-corrected chi connectivity index (χ0v) is 5.56. The summed E-state index contributed by atoms with van der Waals surface area (Å²) in [7, 11) is 0. The molecule has 0 fully saturated rings. The van der Waals surface area contributed by atoms with E-state index >= 15 is 0 Å². The van der Waals surface area contributed by atoms with Gasteiger partial charge in [-0.3, -0.25) is 10.1 Å². The van der Waals surface area contributed by atoms with Crippen LogP contribution >= 0.6 is 0 Å². The number of rotatable bonds is 2. The highest BCUT2D eigenvalue weighted by atomic mass is 16.6. The lowest BCUT2D eigenvalue weighted by Crippen LogP contribution is -2.18. The number of nitro groups is 1. The fourth-order valence-corrected chi connectivity index (χ4v) is 1.13. The van der Waals surface area contributed by atoms with E-state index in [1.807, 2.05) is 12.2 Å². The van der Waals surface area contributed by atoms with E-state index < -0.39 is 0 Å². The summed E-state index contributed by atoms with van der Waals surface area (Å²) in [5.74, 6) is 0.0602. The van der Waals surface area contributed by atoms with Crippen molar-refractivity contribution in [3.63, 3.8) is 0 Å². The second-order valence-corrected chi connectivity index (χ2v) is 2.56. The molecule has 2 N–H and O–H groups in total. The predicted octanol–water partition coefficient (Wildman–Crippen LogP) is 0.167. The number of nitrogens with zero attached hydrogens (tertiary/aromatic N) is 1. The highest BCUT2D eigenvalue weighted by Gasteiger charge is 2.19. The molecule has 0 saturated carbocycles. The average molecular weight is 142 g/mol. The predicted molar refractivity (Wildman–Crippen MR) is 37.1 cm³/mol. The molecule has 4 nitrogen and oxygen atoms in total. The van der Waals surface area contributed by atoms with Crippen LogP contribution in [-0.2, 0) is 0 Å². The average Bonchev–Trinajstić information content (AvgIpc) is 2.13. The Morgan fingerprint density at radius 3 is 2.80 bits per heavy atom. The van der Waals surface area contributed by atoms with Crippen molar-refractivity contribution >= 4 is 0 Å². The van der Waals surface area contributed by atoms with E-state index in [0.717, 1.165) is 6.42 Å². The Morgan fingerprint density at radius 1 is 1.70 bits per heavy atom. The van der Waals surface area contributed by atoms with Crippen LogP contribution in [0.25, 0.3) is 0 Å². The summed E-state index contributed by atoms with van der Waals surface area (Å²) in [6.45, 7) is 0.0181. The van der Waals surface area contributed by atoms with E-state index in [-0.39, 0.29) is 23.4 Å². The van der Waals surface area contributed by atoms with E-state index in [2.05, 4.69) is 0 Å². The largest absolute Gasteiger partial charge is 0.324 e. The summed E-state index contributed by atoms with van der Waals surface area (Å²) < 4.78 is 0. The fraction of sp³-hybridized carbons (Fsp3) is 0.667. The summed E-state index contributed by atoms with van der Waals surface area (Å²) in [4.78, 5) is 9.69. The fourth-order valence-electron chi connectivity index (χ4n) is 1.13. The minimum Gasteiger partial charge on any atom is -0.324 e. The standard InChI is InChI=1S/C6H10N2O2/c7-6-2-1-5(3-6)4-8(9)10/h1-2,5-6H,3-4,7H2/t5-,6+/m1/s1. The molecule has 2 atom stereocenters. The zero-order valence-electron chi connectivity index (χ0n) is 5.56. The molecule has 0 heterocycles. The van der Waals surface area contributed by atoms with Crippen molar-refractivity contribution in [3.05, 3.63) is 22.3 Å². The molecule has 0 unspecified atom stereocenters. The Bertz CT molecular complexity index is 167. The molecule has 1 rings (SSSR count). The monoisotopic (exact) mass is 142 g/mol. The Labute approximate surface area is 58.9 Å². The molecule has 0 spiro atoms. The van der Waals surface area contributed by atoms with Crippen molar-refractivity contribution < 1.29 is 4.92 Å². The molecule has 4 heteroatoms. The van der Waals surface area contributed by atoms with Gasteiger partial charge in [-0.2, -0.15) is 0 Å². The normalized spacial score (nSPS) is 30.9. The summed E-state index contributed by atoms with van der Waals surface area (Å²) in [6.07, 6.45) is 4.38. The number of hydrogen-bond acceptors (Lipinski definition) is 3. The van der Waals surface area contributed by atoms with Gasteiger partial charge in [0.1, 0.15) is 0 Å². The van der Waals surface area contributed by atoms with E-state index in [0.29, 0.717) is 0 Å². The van der Waals surface area contributed by atoms with E-state index in [9.17, 15) is 10.1 Å². The maximum atomic E-state index is 9.99. The first-order valence-corrected chi connectivity index (χ1v) is 3.24. The van der Waals surface area contributed by atoms with Crippen LogP contribution < -0.4 is 5.73 Å². The molecule has 0 aromatic rings. The lowest BCUT2D eigenvalue weighted by Gasteiger charge is -2.01. The molecule has 0 bridgehead atoms. The third-order valence-corrected chi connectivity index (χ3v) is 1.59. The molecule has 1 aliphatic rings. The Hall–Kier alpha value is -0.900. The van der Waals surface area contributed by atoms with Crippen LogP contribution in [0.2, 0.25) is 0 Å². The van der Waals surface area contributed by atoms with Gasteiger partial charge in [-0.1, -0.05) is 12.2 Å². The van der Waals surface area contributed by atoms with Gasteiger partial charge in [0.15, 0.2) is 0 Å². The molecule has 0 amide bonds. The Kier molecular flexibility index (Phi) is 2.01. The van der Waals surface area contributed by atoms with Gasteiger partial charge < -0.3 is 5.73 Å². The summed E-state index contributed by atoms with van der Waals surface area (Å²) in [5, 5.41) is 9.99. The first-order valence-electron chi connectivity index (χ1n) is 3.24. The van der Waals surface area contributed by atoms with Crippen LogP contribution in [-0.4, -0.2) is 17.5 Å². The molecule has 0 radical (unpaired) electrons. The molecule has 56 valence electrons. The molecule has 0 saturated heterocycles. The molecule has 0 aromatic carbocycles. The van der Waals surface area contributed by atoms with Crippen LogP contribution in [0.4, 0.5) is 0 Å². The first-order chi connectivity index (χ1) is 4.68. The van der Waals surface area contributed by atoms with Crippen molar-refractivity contribution in [1.29, 1.82) is 0 Å². The third-order valence-electron chi connectivity index (χ3n) is 1.59. The van der Waals surface area contributed by atoms with Gasteiger partial charge in [-0.05, 0) is 6.42 Å². The maximum Gasteiger partial charge on any atom is 0.210 e. The maximum absolute atomic E-state index is 9.99. The van der Waals surface area contributed by atoms with Gasteiger partial charge in [0.25, 0.3) is 0 Å². The van der Waals surface area contributed by atoms with Crippen LogP contribution in [0.3, 0.4) is 0 Å². The highest BCUT2D eigenvalue weighted by Crippen LogP contribution is 2.15. The highest BCUT2D eigenvalue weighted by molar-refractivity contribution is 5.04. The Balaban J connectivity index is 2.33. The molecule has 0 aromatic heterocycles. The van der Waals surface area contributed by atoms with Crippen LogP contribution in [0, 0.1) is 16.0 Å². The smallest absolute Gasteiger partial charge is 0.210 e. The van der Waals surface area contributed by atoms with Crippen LogP contribution in [0.5, 0.6) is 0 Å². The summed E-state index contributed by atoms with van der Waals surface area (Å²) in [5.41, 5.74) is 5.49. The molecule has 0 aliphatic heterocycles. The zero-order chi connectivity index (χ0) is 7.56. The summed E-state index contributed by atoms with van der Waals surface area (Å²) >= 11 is 0. The lowest BCUT2D eigenvalue weighted by molar-refractivity contribution is -0.485. The van der Waals surface area contributed by atoms with Gasteiger partial charge in [0, 0.05) is 16.9 Å². The lowest BCUT2D eigenvalue weighted by atomic mass is 10.1. The van der Waals surface area contributed by atoms with Gasteiger partial charge in [0.05, 0.1) is 0 Å². The van der Waals surface area contributed by atoms with Crippen LogP contribution in [0.15, 0.2) is 12.2 Å². The van der Waals surface area contributed by atoms with Crippen molar-refractivity contribution in [2.24, 2.45) is 11.7 Å². The SMILES string of the molecule is N[C@H]1C=C[C@@H](C[N+](=O)[O-])C1. The van der Waals surface area contributed by atoms with Crippen molar-refractivity contribution in [3.8, 4) is 0 Å². The Morgan fingerprint density at radius 2 is 2.40 bits per heavy atom. The first kappa shape index (κ1) is 7.21. The van der Waals surface area contributed by atoms with E-state index in [4.69, 9.17) is 5.73 Å². The third kappa shape index (κ3) is 1.80. The summed E-state index contributed by atoms with van der Waals surface area (Å²) in [6, 6.07) is 0.0324. The van der Waals surface area contributed by atoms with Crippen LogP contribution in [0.1, 0.15) is 6.42 Å². The number of nitrogens with two attached hydrogens (primary N) is 1. The van der Waals surface area contributed by atoms with Crippen molar-refractivity contribution in [2.45, 2.75) is 12.5 Å². The second-order valence-electron chi connectivity index (χ2n) is 2.56. The number of hydrogen-bond donors (Lipinski definition) is 1.